The molecule has 0 bridgehead atoms. The third kappa shape index (κ3) is 9.82. The van der Waals surface area contributed by atoms with Crippen molar-refractivity contribution < 1.29 is 9.47 Å². The number of nitrogens with one attached hydrogen (secondary N) is 2. The highest BCUT2D eigenvalue weighted by Gasteiger charge is 2.05. The number of hydrogen-bond donors (Lipinski definition) is 2. The van der Waals surface area contributed by atoms with E-state index in [1.165, 1.54) is 11.1 Å². The number of ether oxygens (including phenoxy) is 2. The molecule has 0 unspecified atom stereocenters. The molecule has 0 aliphatic rings. The van der Waals surface area contributed by atoms with E-state index in [-0.39, 0.29) is 24.0 Å². The average Bonchev–Trinajstić information content (AvgIpc) is 3.35. The number of halogens is 1. The van der Waals surface area contributed by atoms with Gasteiger partial charge in [0.15, 0.2) is 5.96 Å². The topological polar surface area (TPSA) is 72.7 Å². The van der Waals surface area contributed by atoms with Crippen LogP contribution in [0.2, 0.25) is 0 Å². The number of aliphatic imine (C=N–C) groups is 1. The van der Waals surface area contributed by atoms with Gasteiger partial charge in [-0.3, -0.25) is 4.68 Å². The van der Waals surface area contributed by atoms with Crippen LogP contribution in [0.25, 0.3) is 0 Å². The van der Waals surface area contributed by atoms with Gasteiger partial charge in [-0.05, 0) is 42.2 Å². The first-order chi connectivity index (χ1) is 16.3. The number of aromatic nitrogens is 2. The summed E-state index contributed by atoms with van der Waals surface area (Å²) in [4.78, 5) is 4.78. The van der Waals surface area contributed by atoms with Gasteiger partial charge in [0.25, 0.3) is 0 Å². The molecule has 2 N–H and O–H groups in total. The molecule has 0 saturated carbocycles. The maximum absolute atomic E-state index is 5.69. The Morgan fingerprint density at radius 1 is 0.941 bits per heavy atom. The Balaban J connectivity index is 0.00000408. The molecule has 0 atom stereocenters. The molecule has 7 nitrogen and oxygen atoms in total. The summed E-state index contributed by atoms with van der Waals surface area (Å²) >= 11 is 0. The Labute approximate surface area is 220 Å². The minimum atomic E-state index is 0. The predicted molar refractivity (Wildman–Crippen MR) is 147 cm³/mol. The Morgan fingerprint density at radius 2 is 1.74 bits per heavy atom. The molecule has 1 aromatic heterocycles. The van der Waals surface area contributed by atoms with Crippen LogP contribution in [0.5, 0.6) is 0 Å². The van der Waals surface area contributed by atoms with Crippen molar-refractivity contribution in [3.8, 4) is 0 Å². The van der Waals surface area contributed by atoms with Crippen molar-refractivity contribution >= 4 is 29.9 Å². The van der Waals surface area contributed by atoms with E-state index < -0.39 is 0 Å². The highest BCUT2D eigenvalue weighted by Crippen LogP contribution is 2.11. The van der Waals surface area contributed by atoms with Gasteiger partial charge in [0.05, 0.1) is 32.9 Å². The molecule has 184 valence electrons. The maximum atomic E-state index is 5.69. The van der Waals surface area contributed by atoms with Gasteiger partial charge < -0.3 is 20.1 Å². The smallest absolute Gasteiger partial charge is 0.191 e. The fraction of sp³-hybridized carbons (Fsp3) is 0.385. The van der Waals surface area contributed by atoms with Crippen molar-refractivity contribution in [3.05, 3.63) is 89.2 Å². The lowest BCUT2D eigenvalue weighted by Crippen LogP contribution is -2.37. The second-order valence-electron chi connectivity index (χ2n) is 7.59. The Hall–Kier alpha value is -2.43. The molecule has 0 fully saturated rings. The highest BCUT2D eigenvalue weighted by atomic mass is 127. The number of rotatable bonds is 13. The van der Waals surface area contributed by atoms with E-state index in [2.05, 4.69) is 71.2 Å². The molecule has 8 heteroatoms. The van der Waals surface area contributed by atoms with E-state index in [1.807, 2.05) is 23.9 Å². The molecule has 0 aliphatic heterocycles. The van der Waals surface area contributed by atoms with Crippen LogP contribution in [0.4, 0.5) is 0 Å². The molecule has 1 heterocycles. The van der Waals surface area contributed by atoms with Crippen LogP contribution in [0.1, 0.15) is 36.1 Å². The summed E-state index contributed by atoms with van der Waals surface area (Å²) in [5, 5.41) is 11.1. The van der Waals surface area contributed by atoms with E-state index in [4.69, 9.17) is 14.5 Å². The van der Waals surface area contributed by atoms with Gasteiger partial charge in [-0.2, -0.15) is 5.10 Å². The largest absolute Gasteiger partial charge is 0.379 e. The van der Waals surface area contributed by atoms with Gasteiger partial charge in [0, 0.05) is 32.1 Å². The number of benzene rings is 2. The average molecular weight is 578 g/mol. The first-order valence-electron chi connectivity index (χ1n) is 11.6. The highest BCUT2D eigenvalue weighted by molar-refractivity contribution is 14.0. The molecule has 3 aromatic rings. The summed E-state index contributed by atoms with van der Waals surface area (Å²) in [5.41, 5.74) is 4.76. The van der Waals surface area contributed by atoms with Crippen molar-refractivity contribution in [1.29, 1.82) is 0 Å². The normalized spacial score (nSPS) is 11.2. The lowest BCUT2D eigenvalue weighted by Gasteiger charge is -2.14. The first kappa shape index (κ1) is 27.8. The van der Waals surface area contributed by atoms with Gasteiger partial charge in [-0.25, -0.2) is 4.99 Å². The number of nitrogens with zero attached hydrogens (tertiary/aromatic N) is 3. The molecule has 2 aromatic carbocycles. The molecule has 0 radical (unpaired) electrons. The van der Waals surface area contributed by atoms with Crippen LogP contribution in [0.3, 0.4) is 0 Å². The molecule has 3 rings (SSSR count). The predicted octanol–water partition coefficient (Wildman–Crippen LogP) is 4.36. The van der Waals surface area contributed by atoms with Crippen LogP contribution >= 0.6 is 24.0 Å². The fourth-order valence-electron chi connectivity index (χ4n) is 3.41. The Morgan fingerprint density at radius 3 is 2.50 bits per heavy atom. The summed E-state index contributed by atoms with van der Waals surface area (Å²) in [6.45, 7) is 9.42. The van der Waals surface area contributed by atoms with Crippen LogP contribution < -0.4 is 10.6 Å². The SMILES string of the molecule is CCNC(=NCc1cccc(COCCOCC)c1)NCc1ccccc1Cn1cccn1.I. The van der Waals surface area contributed by atoms with E-state index in [0.29, 0.717) is 32.9 Å². The van der Waals surface area contributed by atoms with E-state index >= 15 is 0 Å². The molecule has 0 saturated heterocycles. The van der Waals surface area contributed by atoms with Gasteiger partial charge in [0.2, 0.25) is 0 Å². The maximum Gasteiger partial charge on any atom is 0.191 e. The second-order valence-corrected chi connectivity index (χ2v) is 7.59. The Bertz CT molecular complexity index is 979. The first-order valence-corrected chi connectivity index (χ1v) is 11.6. The lowest BCUT2D eigenvalue weighted by molar-refractivity contribution is 0.0453. The van der Waals surface area contributed by atoms with Crippen molar-refractivity contribution in [2.45, 2.75) is 40.1 Å². The van der Waals surface area contributed by atoms with Crippen LogP contribution in [-0.2, 0) is 35.7 Å². The van der Waals surface area contributed by atoms with Crippen molar-refractivity contribution in [3.63, 3.8) is 0 Å². The molecule has 0 aliphatic carbocycles. The molecule has 0 spiro atoms. The fourth-order valence-corrected chi connectivity index (χ4v) is 3.41. The zero-order valence-electron chi connectivity index (χ0n) is 20.1. The quantitative estimate of drug-likeness (QED) is 0.137. The van der Waals surface area contributed by atoms with Gasteiger partial charge in [0.1, 0.15) is 0 Å². The molecular formula is C26H36IN5O2. The summed E-state index contributed by atoms with van der Waals surface area (Å²) in [5.74, 6) is 0.796. The van der Waals surface area contributed by atoms with Gasteiger partial charge in [-0.15, -0.1) is 24.0 Å². The summed E-state index contributed by atoms with van der Waals surface area (Å²) < 4.78 is 12.9. The molecule has 0 amide bonds. The van der Waals surface area contributed by atoms with Gasteiger partial charge >= 0.3 is 0 Å². The third-order valence-corrected chi connectivity index (χ3v) is 5.06. The van der Waals surface area contributed by atoms with E-state index in [1.54, 1.807) is 6.20 Å². The van der Waals surface area contributed by atoms with Crippen molar-refractivity contribution in [2.24, 2.45) is 4.99 Å². The van der Waals surface area contributed by atoms with E-state index in [9.17, 15) is 0 Å². The Kier molecular flexibility index (Phi) is 13.3. The monoisotopic (exact) mass is 577 g/mol. The van der Waals surface area contributed by atoms with Crippen LogP contribution in [0.15, 0.2) is 72.0 Å². The van der Waals surface area contributed by atoms with Crippen LogP contribution in [0, 0.1) is 0 Å². The minimum absolute atomic E-state index is 0. The summed E-state index contributed by atoms with van der Waals surface area (Å²) in [6, 6.07) is 18.7. The van der Waals surface area contributed by atoms with E-state index in [0.717, 1.165) is 36.8 Å². The van der Waals surface area contributed by atoms with Crippen LogP contribution in [-0.4, -0.2) is 42.1 Å². The molecule has 34 heavy (non-hydrogen) atoms. The summed E-state index contributed by atoms with van der Waals surface area (Å²) in [7, 11) is 0. The zero-order valence-corrected chi connectivity index (χ0v) is 22.4. The van der Waals surface area contributed by atoms with Crippen molar-refractivity contribution in [2.75, 3.05) is 26.4 Å². The minimum Gasteiger partial charge on any atom is -0.379 e. The van der Waals surface area contributed by atoms with Crippen molar-refractivity contribution in [1.82, 2.24) is 20.4 Å². The molecular weight excluding hydrogens is 541 g/mol. The standard InChI is InChI=1S/C26H35N5O2.HI/c1-3-27-26(28-18-22-9-7-10-23(17-22)21-33-16-15-32-4-2)29-19-24-11-5-6-12-25(24)20-31-14-8-13-30-31;/h5-14,17H,3-4,15-16,18-21H2,1-2H3,(H2,27,28,29);1H. The zero-order chi connectivity index (χ0) is 23.1. The third-order valence-electron chi connectivity index (χ3n) is 5.06. The lowest BCUT2D eigenvalue weighted by atomic mass is 10.1. The van der Waals surface area contributed by atoms with Gasteiger partial charge in [-0.1, -0.05) is 48.5 Å². The summed E-state index contributed by atoms with van der Waals surface area (Å²) in [6.07, 6.45) is 3.78. The second kappa shape index (κ2) is 16.2. The number of guanidine groups is 1. The number of hydrogen-bond acceptors (Lipinski definition) is 4.